The fraction of sp³-hybridized carbons (Fsp3) is 0.182. The van der Waals surface area contributed by atoms with E-state index in [2.05, 4.69) is 30.5 Å². The number of H-pyrrole nitrogens is 1. The summed E-state index contributed by atoms with van der Waals surface area (Å²) in [5.74, 6) is 1.45. The zero-order chi connectivity index (χ0) is 22.7. The summed E-state index contributed by atoms with van der Waals surface area (Å²) in [6.07, 6.45) is 1.18. The van der Waals surface area contributed by atoms with Crippen LogP contribution in [0.3, 0.4) is 0 Å². The molecule has 0 spiro atoms. The summed E-state index contributed by atoms with van der Waals surface area (Å²) in [7, 11) is 3.13. The van der Waals surface area contributed by atoms with E-state index < -0.39 is 5.82 Å². The predicted molar refractivity (Wildman–Crippen MR) is 119 cm³/mol. The average Bonchev–Trinajstić information content (AvgIpc) is 3.26. The third-order valence-electron chi connectivity index (χ3n) is 4.95. The fourth-order valence-corrected chi connectivity index (χ4v) is 3.37. The number of anilines is 3. The summed E-state index contributed by atoms with van der Waals surface area (Å²) in [5, 5.41) is 10.1. The molecule has 4 rings (SSSR count). The van der Waals surface area contributed by atoms with E-state index in [-0.39, 0.29) is 11.9 Å². The van der Waals surface area contributed by atoms with Gasteiger partial charge in [0.2, 0.25) is 11.8 Å². The van der Waals surface area contributed by atoms with Gasteiger partial charge in [-0.1, -0.05) is 19.1 Å². The Balaban J connectivity index is 1.89. The highest BCUT2D eigenvalue weighted by atomic mass is 19.1. The number of aromatic amines is 1. The molecule has 4 N–H and O–H groups in total. The van der Waals surface area contributed by atoms with Crippen molar-refractivity contribution in [2.24, 2.45) is 0 Å². The van der Waals surface area contributed by atoms with Crippen LogP contribution in [0.25, 0.3) is 11.3 Å². The fourth-order valence-electron chi connectivity index (χ4n) is 3.37. The first-order valence-corrected chi connectivity index (χ1v) is 9.78. The number of nitrogens with two attached hydrogens (primary N) is 1. The molecule has 3 aromatic heterocycles. The van der Waals surface area contributed by atoms with Crippen LogP contribution in [0.4, 0.5) is 22.0 Å². The maximum absolute atomic E-state index is 13.5. The van der Waals surface area contributed by atoms with Gasteiger partial charge in [-0.25, -0.2) is 14.5 Å². The first-order chi connectivity index (χ1) is 15.5. The molecule has 0 saturated heterocycles. The molecular formula is C22H22FN7O2. The molecule has 10 heteroatoms. The maximum atomic E-state index is 13.5. The lowest BCUT2D eigenvalue weighted by molar-refractivity contribution is 0.397. The van der Waals surface area contributed by atoms with Crippen molar-refractivity contribution < 1.29 is 13.9 Å². The highest BCUT2D eigenvalue weighted by molar-refractivity contribution is 5.74. The van der Waals surface area contributed by atoms with Gasteiger partial charge in [0.25, 0.3) is 0 Å². The molecule has 0 fully saturated rings. The Labute approximate surface area is 183 Å². The molecule has 0 saturated carbocycles. The predicted octanol–water partition coefficient (Wildman–Crippen LogP) is 3.90. The number of aromatic nitrogens is 5. The number of benzene rings is 1. The summed E-state index contributed by atoms with van der Waals surface area (Å²) >= 11 is 0. The van der Waals surface area contributed by atoms with Gasteiger partial charge in [-0.15, -0.1) is 0 Å². The van der Waals surface area contributed by atoms with Crippen molar-refractivity contribution in [3.8, 4) is 22.9 Å². The summed E-state index contributed by atoms with van der Waals surface area (Å²) in [6, 6.07) is 12.2. The van der Waals surface area contributed by atoms with Crippen molar-refractivity contribution in [2.45, 2.75) is 12.8 Å². The Morgan fingerprint density at radius 2 is 1.94 bits per heavy atom. The number of methoxy groups -OCH3 is 2. The van der Waals surface area contributed by atoms with Gasteiger partial charge in [-0.3, -0.25) is 4.98 Å². The van der Waals surface area contributed by atoms with Crippen LogP contribution in [0, 0.1) is 5.82 Å². The number of nitrogens with one attached hydrogen (secondary N) is 2. The van der Waals surface area contributed by atoms with Crippen LogP contribution in [0.1, 0.15) is 24.1 Å². The Morgan fingerprint density at radius 1 is 1.09 bits per heavy atom. The molecule has 164 valence electrons. The van der Waals surface area contributed by atoms with Crippen LogP contribution in [-0.2, 0) is 0 Å². The molecule has 0 unspecified atom stereocenters. The number of pyridine rings is 1. The molecule has 32 heavy (non-hydrogen) atoms. The highest BCUT2D eigenvalue weighted by Gasteiger charge is 2.24. The molecule has 0 bridgehead atoms. The van der Waals surface area contributed by atoms with Crippen LogP contribution in [-0.4, -0.2) is 39.4 Å². The third-order valence-corrected chi connectivity index (χ3v) is 4.95. The first-order valence-electron chi connectivity index (χ1n) is 9.78. The third kappa shape index (κ3) is 4.29. The molecular weight excluding hydrogens is 413 g/mol. The van der Waals surface area contributed by atoms with Gasteiger partial charge >= 0.3 is 0 Å². The molecule has 0 radical (unpaired) electrons. The van der Waals surface area contributed by atoms with Gasteiger partial charge in [-0.05, 0) is 24.3 Å². The molecule has 0 amide bonds. The van der Waals surface area contributed by atoms with Crippen LogP contribution in [0.2, 0.25) is 0 Å². The number of nitrogens with zero attached hydrogens (tertiary/aromatic N) is 4. The Morgan fingerprint density at radius 3 is 2.62 bits per heavy atom. The van der Waals surface area contributed by atoms with E-state index in [4.69, 9.17) is 15.2 Å². The zero-order valence-corrected chi connectivity index (χ0v) is 17.8. The number of nitrogen functional groups attached to an aromatic ring is 1. The molecule has 0 aliphatic carbocycles. The van der Waals surface area contributed by atoms with Crippen molar-refractivity contribution >= 4 is 17.6 Å². The van der Waals surface area contributed by atoms with Crippen LogP contribution in [0.5, 0.6) is 11.6 Å². The number of ether oxygens (including phenoxy) is 2. The lowest BCUT2D eigenvalue weighted by Crippen LogP contribution is -2.11. The Hall–Kier alpha value is -4.21. The van der Waals surface area contributed by atoms with E-state index in [0.717, 1.165) is 5.56 Å². The Bertz CT molecular complexity index is 1230. The first kappa shape index (κ1) is 21.0. The van der Waals surface area contributed by atoms with E-state index in [1.807, 2.05) is 31.2 Å². The summed E-state index contributed by atoms with van der Waals surface area (Å²) in [6.45, 7) is 1.94. The number of hydrogen-bond acceptors (Lipinski definition) is 8. The molecule has 4 aromatic rings. The monoisotopic (exact) mass is 435 g/mol. The zero-order valence-electron chi connectivity index (χ0n) is 17.8. The van der Waals surface area contributed by atoms with Gasteiger partial charge in [-0.2, -0.15) is 10.1 Å². The van der Waals surface area contributed by atoms with E-state index in [1.165, 1.54) is 19.4 Å². The normalized spacial score (nSPS) is 11.8. The van der Waals surface area contributed by atoms with Gasteiger partial charge < -0.3 is 20.5 Å². The lowest BCUT2D eigenvalue weighted by Gasteiger charge is -2.20. The molecule has 3 heterocycles. The SMILES string of the molecule is COc1cccc(-c2nc(N)nc(Nc3cc(OC)[nH]n3)c2[C@H](C)c2ccc(F)cn2)c1. The largest absolute Gasteiger partial charge is 0.497 e. The second kappa shape index (κ2) is 8.88. The summed E-state index contributed by atoms with van der Waals surface area (Å²) in [4.78, 5) is 13.2. The smallest absolute Gasteiger partial charge is 0.222 e. The molecule has 9 nitrogen and oxygen atoms in total. The Kier molecular flexibility index (Phi) is 5.84. The van der Waals surface area contributed by atoms with Gasteiger partial charge in [0.15, 0.2) is 5.82 Å². The molecule has 0 aliphatic heterocycles. The van der Waals surface area contributed by atoms with Crippen molar-refractivity contribution in [1.29, 1.82) is 0 Å². The highest BCUT2D eigenvalue weighted by Crippen LogP contribution is 2.38. The van der Waals surface area contributed by atoms with Crippen LogP contribution < -0.4 is 20.5 Å². The number of hydrogen-bond donors (Lipinski definition) is 3. The van der Waals surface area contributed by atoms with E-state index in [0.29, 0.717) is 40.2 Å². The van der Waals surface area contributed by atoms with E-state index in [9.17, 15) is 4.39 Å². The van der Waals surface area contributed by atoms with Crippen molar-refractivity contribution in [1.82, 2.24) is 25.1 Å². The molecule has 1 atom stereocenters. The van der Waals surface area contributed by atoms with Crippen molar-refractivity contribution in [3.63, 3.8) is 0 Å². The van der Waals surface area contributed by atoms with Crippen LogP contribution >= 0.6 is 0 Å². The van der Waals surface area contributed by atoms with Gasteiger partial charge in [0, 0.05) is 28.8 Å². The van der Waals surface area contributed by atoms with Gasteiger partial charge in [0.05, 0.1) is 26.1 Å². The standard InChI is InChI=1S/C22H22FN7O2/c1-12(16-8-7-14(23)11-25-16)19-20(13-5-4-6-15(9-13)31-2)27-22(24)28-21(19)26-17-10-18(32-3)30-29-17/h4-12H,1-3H3,(H4,24,26,27,28,29,30)/t12-/m1/s1. The van der Waals surface area contributed by atoms with E-state index in [1.54, 1.807) is 19.2 Å². The molecule has 0 aliphatic rings. The minimum Gasteiger partial charge on any atom is -0.497 e. The minimum absolute atomic E-state index is 0.0795. The van der Waals surface area contributed by atoms with Crippen molar-refractivity contribution in [2.75, 3.05) is 25.3 Å². The number of rotatable bonds is 7. The average molecular weight is 435 g/mol. The van der Waals surface area contributed by atoms with Gasteiger partial charge in [0.1, 0.15) is 17.4 Å². The lowest BCUT2D eigenvalue weighted by atomic mass is 9.92. The summed E-state index contributed by atoms with van der Waals surface area (Å²) < 4.78 is 24.0. The minimum atomic E-state index is -0.413. The summed E-state index contributed by atoms with van der Waals surface area (Å²) in [5.41, 5.74) is 8.81. The molecule has 1 aromatic carbocycles. The maximum Gasteiger partial charge on any atom is 0.222 e. The topological polar surface area (TPSA) is 124 Å². The van der Waals surface area contributed by atoms with Crippen LogP contribution in [0.15, 0.2) is 48.7 Å². The second-order valence-corrected chi connectivity index (χ2v) is 6.99. The van der Waals surface area contributed by atoms with E-state index >= 15 is 0 Å². The van der Waals surface area contributed by atoms with Crippen molar-refractivity contribution in [3.05, 3.63) is 65.7 Å². The number of halogens is 1. The second-order valence-electron chi connectivity index (χ2n) is 6.99. The quantitative estimate of drug-likeness (QED) is 0.399.